The van der Waals surface area contributed by atoms with E-state index in [2.05, 4.69) is 0 Å². The van der Waals surface area contributed by atoms with Gasteiger partial charge in [0.15, 0.2) is 0 Å². The van der Waals surface area contributed by atoms with E-state index in [9.17, 15) is 5.11 Å². The number of aliphatic hydroxyl groups is 1. The Hall–Kier alpha value is -0.540. The summed E-state index contributed by atoms with van der Waals surface area (Å²) in [5.74, 6) is 0. The maximum atomic E-state index is 10.0. The van der Waals surface area contributed by atoms with Crippen LogP contribution in [0, 0.1) is 0 Å². The largest absolute Gasteiger partial charge is 0.383 e. The minimum absolute atomic E-state index is 0.620. The Kier molecular flexibility index (Phi) is 3.32. The molecule has 0 saturated heterocycles. The Labute approximate surface area is 102 Å². The molecule has 4 heteroatoms. The van der Waals surface area contributed by atoms with E-state index in [4.69, 9.17) is 23.2 Å². The highest BCUT2D eigenvalue weighted by Crippen LogP contribution is 2.31. The predicted molar refractivity (Wildman–Crippen MR) is 64.8 cm³/mol. The maximum Gasteiger partial charge on any atom is 0.113 e. The summed E-state index contributed by atoms with van der Waals surface area (Å²) >= 11 is 13.0. The van der Waals surface area contributed by atoms with Crippen molar-refractivity contribution in [3.05, 3.63) is 56.2 Å². The highest BCUT2D eigenvalue weighted by Gasteiger charge is 2.12. The molecule has 0 bridgehead atoms. The van der Waals surface area contributed by atoms with Crippen LogP contribution in [0.3, 0.4) is 0 Å². The number of hydrogen-bond donors (Lipinski definition) is 1. The summed E-state index contributed by atoms with van der Waals surface area (Å²) in [5.41, 5.74) is 0.779. The molecule has 0 amide bonds. The third-order valence-corrected chi connectivity index (χ3v) is 3.55. The molecule has 1 nitrogen and oxygen atoms in total. The van der Waals surface area contributed by atoms with Crippen molar-refractivity contribution in [2.45, 2.75) is 6.10 Å². The molecule has 2 rings (SSSR count). The minimum atomic E-state index is -0.652. The zero-order valence-corrected chi connectivity index (χ0v) is 9.98. The van der Waals surface area contributed by atoms with Gasteiger partial charge in [-0.2, -0.15) is 0 Å². The molecular weight excluding hydrogens is 251 g/mol. The fourth-order valence-electron chi connectivity index (χ4n) is 1.32. The van der Waals surface area contributed by atoms with E-state index in [1.165, 1.54) is 11.3 Å². The van der Waals surface area contributed by atoms with Gasteiger partial charge in [-0.1, -0.05) is 35.3 Å². The zero-order chi connectivity index (χ0) is 10.8. The Bertz CT molecular complexity index is 467. The first kappa shape index (κ1) is 11.0. The van der Waals surface area contributed by atoms with Crippen LogP contribution >= 0.6 is 34.5 Å². The monoisotopic (exact) mass is 258 g/mol. The second kappa shape index (κ2) is 4.54. The summed E-state index contributed by atoms with van der Waals surface area (Å²) in [4.78, 5) is 0.822. The third-order valence-electron chi connectivity index (χ3n) is 2.03. The number of thiophene rings is 1. The molecule has 1 unspecified atom stereocenters. The molecule has 1 N–H and O–H groups in total. The highest BCUT2D eigenvalue weighted by molar-refractivity contribution is 7.16. The molecular formula is C11H8Cl2OS. The lowest BCUT2D eigenvalue weighted by Crippen LogP contribution is -1.96. The van der Waals surface area contributed by atoms with E-state index in [-0.39, 0.29) is 0 Å². The van der Waals surface area contributed by atoms with Crippen LogP contribution < -0.4 is 0 Å². The van der Waals surface area contributed by atoms with Gasteiger partial charge in [0.1, 0.15) is 6.10 Å². The quantitative estimate of drug-likeness (QED) is 0.859. The van der Waals surface area contributed by atoms with E-state index in [1.54, 1.807) is 18.2 Å². The molecule has 2 aromatic rings. The van der Waals surface area contributed by atoms with Crippen LogP contribution in [0.5, 0.6) is 0 Å². The number of aliphatic hydroxyl groups excluding tert-OH is 1. The first-order valence-electron chi connectivity index (χ1n) is 4.35. The average Bonchev–Trinajstić information content (AvgIpc) is 2.64. The van der Waals surface area contributed by atoms with Crippen molar-refractivity contribution in [3.8, 4) is 0 Å². The van der Waals surface area contributed by atoms with E-state index in [0.29, 0.717) is 9.36 Å². The third kappa shape index (κ3) is 2.52. The number of rotatable bonds is 2. The van der Waals surface area contributed by atoms with Crippen molar-refractivity contribution in [1.29, 1.82) is 0 Å². The van der Waals surface area contributed by atoms with Crippen molar-refractivity contribution < 1.29 is 5.11 Å². The lowest BCUT2D eigenvalue weighted by molar-refractivity contribution is 0.224. The summed E-state index contributed by atoms with van der Waals surface area (Å²) in [6.45, 7) is 0. The normalized spacial score (nSPS) is 12.7. The Morgan fingerprint density at radius 1 is 1.13 bits per heavy atom. The van der Waals surface area contributed by atoms with E-state index in [0.717, 1.165) is 10.4 Å². The molecule has 0 spiro atoms. The van der Waals surface area contributed by atoms with Gasteiger partial charge in [0.05, 0.1) is 4.34 Å². The molecule has 1 aromatic heterocycles. The van der Waals surface area contributed by atoms with Crippen LogP contribution in [0.25, 0.3) is 0 Å². The van der Waals surface area contributed by atoms with Crippen LogP contribution in [-0.4, -0.2) is 5.11 Å². The molecule has 1 heterocycles. The molecule has 0 aliphatic rings. The van der Waals surface area contributed by atoms with Crippen molar-refractivity contribution in [2.24, 2.45) is 0 Å². The van der Waals surface area contributed by atoms with E-state index < -0.39 is 6.10 Å². The molecule has 1 aromatic carbocycles. The fraction of sp³-hybridized carbons (Fsp3) is 0.0909. The van der Waals surface area contributed by atoms with Gasteiger partial charge in [-0.05, 0) is 29.8 Å². The summed E-state index contributed by atoms with van der Waals surface area (Å²) in [7, 11) is 0. The molecule has 78 valence electrons. The van der Waals surface area contributed by atoms with Gasteiger partial charge < -0.3 is 5.11 Å². The molecule has 0 fully saturated rings. The van der Waals surface area contributed by atoms with Crippen LogP contribution in [-0.2, 0) is 0 Å². The predicted octanol–water partition coefficient (Wildman–Crippen LogP) is 4.14. The number of hydrogen-bond acceptors (Lipinski definition) is 2. The molecule has 0 radical (unpaired) electrons. The zero-order valence-electron chi connectivity index (χ0n) is 7.65. The molecule has 15 heavy (non-hydrogen) atoms. The Morgan fingerprint density at radius 3 is 2.53 bits per heavy atom. The van der Waals surface area contributed by atoms with Crippen molar-refractivity contribution in [1.82, 2.24) is 0 Å². The van der Waals surface area contributed by atoms with Crippen LogP contribution in [0.4, 0.5) is 0 Å². The standard InChI is InChI=1S/C11H8Cl2OS/c12-8-3-1-2-7(6-8)11(14)9-4-5-10(13)15-9/h1-6,11,14H. The van der Waals surface area contributed by atoms with Crippen LogP contribution in [0.2, 0.25) is 9.36 Å². The van der Waals surface area contributed by atoms with Gasteiger partial charge in [-0.15, -0.1) is 11.3 Å². The highest BCUT2D eigenvalue weighted by atomic mass is 35.5. The molecule has 0 aliphatic heterocycles. The van der Waals surface area contributed by atoms with E-state index >= 15 is 0 Å². The molecule has 0 aliphatic carbocycles. The van der Waals surface area contributed by atoms with Gasteiger partial charge in [0.2, 0.25) is 0 Å². The van der Waals surface area contributed by atoms with Crippen LogP contribution in [0.1, 0.15) is 16.5 Å². The first-order valence-corrected chi connectivity index (χ1v) is 5.93. The van der Waals surface area contributed by atoms with Crippen molar-refractivity contribution in [3.63, 3.8) is 0 Å². The summed E-state index contributed by atoms with van der Waals surface area (Å²) in [5, 5.41) is 10.6. The maximum absolute atomic E-state index is 10.0. The Morgan fingerprint density at radius 2 is 1.93 bits per heavy atom. The van der Waals surface area contributed by atoms with Gasteiger partial charge >= 0.3 is 0 Å². The topological polar surface area (TPSA) is 20.2 Å². The summed E-state index contributed by atoms with van der Waals surface area (Å²) in [6, 6.07) is 10.8. The van der Waals surface area contributed by atoms with Crippen molar-refractivity contribution >= 4 is 34.5 Å². The lowest BCUT2D eigenvalue weighted by atomic mass is 10.1. The SMILES string of the molecule is OC(c1cccc(Cl)c1)c1ccc(Cl)s1. The fourth-order valence-corrected chi connectivity index (χ4v) is 2.59. The Balaban J connectivity index is 2.32. The summed E-state index contributed by atoms with van der Waals surface area (Å²) in [6.07, 6.45) is -0.652. The van der Waals surface area contributed by atoms with Crippen LogP contribution in [0.15, 0.2) is 36.4 Å². The minimum Gasteiger partial charge on any atom is -0.383 e. The van der Waals surface area contributed by atoms with Gasteiger partial charge in [-0.25, -0.2) is 0 Å². The van der Waals surface area contributed by atoms with Gasteiger partial charge in [0, 0.05) is 9.90 Å². The van der Waals surface area contributed by atoms with E-state index in [1.807, 2.05) is 18.2 Å². The summed E-state index contributed by atoms with van der Waals surface area (Å²) < 4.78 is 0.672. The smallest absolute Gasteiger partial charge is 0.113 e. The lowest BCUT2D eigenvalue weighted by Gasteiger charge is -2.08. The van der Waals surface area contributed by atoms with Crippen molar-refractivity contribution in [2.75, 3.05) is 0 Å². The first-order chi connectivity index (χ1) is 7.16. The second-order valence-electron chi connectivity index (χ2n) is 3.10. The van der Waals surface area contributed by atoms with Gasteiger partial charge in [-0.3, -0.25) is 0 Å². The average molecular weight is 259 g/mol. The van der Waals surface area contributed by atoms with Gasteiger partial charge in [0.25, 0.3) is 0 Å². The molecule has 1 atom stereocenters. The molecule has 0 saturated carbocycles. The number of halogens is 2. The second-order valence-corrected chi connectivity index (χ2v) is 5.28. The number of benzene rings is 1.